The number of nitrogens with zero attached hydrogens (tertiary/aromatic N) is 2. The number of halogens is 1. The molecule has 5 heteroatoms. The summed E-state index contributed by atoms with van der Waals surface area (Å²) in [6, 6.07) is 2.63. The van der Waals surface area contributed by atoms with Crippen LogP contribution in [0.4, 0.5) is 5.82 Å². The molecule has 1 aromatic rings. The van der Waals surface area contributed by atoms with E-state index in [1.54, 1.807) is 7.11 Å². The molecule has 1 aliphatic heterocycles. The summed E-state index contributed by atoms with van der Waals surface area (Å²) in [4.78, 5) is 6.98. The lowest BCUT2D eigenvalue weighted by atomic mass is 10.1. The molecule has 0 radical (unpaired) electrons. The molecule has 1 fully saturated rings. The van der Waals surface area contributed by atoms with Crippen molar-refractivity contribution < 1.29 is 4.74 Å². The Morgan fingerprint density at radius 1 is 1.55 bits per heavy atom. The lowest BCUT2D eigenvalue weighted by Gasteiger charge is -2.34. The maximum absolute atomic E-state index is 5.51. The van der Waals surface area contributed by atoms with Gasteiger partial charge < -0.3 is 15.0 Å². The summed E-state index contributed by atoms with van der Waals surface area (Å²) in [6.07, 6.45) is 4.50. The van der Waals surface area contributed by atoms with Crippen molar-refractivity contribution in [1.82, 2.24) is 10.3 Å². The van der Waals surface area contributed by atoms with E-state index in [1.165, 1.54) is 5.56 Å². The van der Waals surface area contributed by atoms with Crippen LogP contribution in [0, 0.1) is 0 Å². The van der Waals surface area contributed by atoms with Gasteiger partial charge in [-0.15, -0.1) is 0 Å². The quantitative estimate of drug-likeness (QED) is 0.893. The van der Waals surface area contributed by atoms with E-state index in [-0.39, 0.29) is 0 Å². The van der Waals surface area contributed by atoms with Crippen molar-refractivity contribution in [3.63, 3.8) is 0 Å². The lowest BCUT2D eigenvalue weighted by Crippen LogP contribution is -2.40. The summed E-state index contributed by atoms with van der Waals surface area (Å²) in [5.41, 5.74) is 1.24. The van der Waals surface area contributed by atoms with E-state index in [2.05, 4.69) is 51.0 Å². The summed E-state index contributed by atoms with van der Waals surface area (Å²) in [5.74, 6) is 1.09. The van der Waals surface area contributed by atoms with Gasteiger partial charge in [-0.05, 0) is 34.8 Å². The molecule has 2 heterocycles. The molecule has 112 valence electrons. The Morgan fingerprint density at radius 3 is 3.05 bits per heavy atom. The van der Waals surface area contributed by atoms with Gasteiger partial charge in [-0.25, -0.2) is 4.98 Å². The number of pyridine rings is 1. The zero-order valence-corrected chi connectivity index (χ0v) is 14.1. The van der Waals surface area contributed by atoms with Crippen LogP contribution in [-0.2, 0) is 11.3 Å². The number of hydrogen-bond donors (Lipinski definition) is 1. The van der Waals surface area contributed by atoms with E-state index in [1.807, 2.05) is 6.20 Å². The molecule has 0 spiro atoms. The molecule has 0 aromatic carbocycles. The van der Waals surface area contributed by atoms with E-state index in [9.17, 15) is 0 Å². The van der Waals surface area contributed by atoms with Crippen molar-refractivity contribution in [2.75, 3.05) is 25.1 Å². The first kappa shape index (κ1) is 15.7. The third kappa shape index (κ3) is 4.17. The van der Waals surface area contributed by atoms with Crippen LogP contribution in [-0.4, -0.2) is 37.3 Å². The number of piperidine rings is 1. The molecule has 1 saturated heterocycles. The van der Waals surface area contributed by atoms with E-state index in [0.29, 0.717) is 12.1 Å². The fraction of sp³-hybridized carbons (Fsp3) is 0.667. The molecule has 1 atom stereocenters. The van der Waals surface area contributed by atoms with Gasteiger partial charge in [0.05, 0.1) is 6.10 Å². The van der Waals surface area contributed by atoms with Crippen LogP contribution >= 0.6 is 15.9 Å². The van der Waals surface area contributed by atoms with Crippen LogP contribution in [0.5, 0.6) is 0 Å². The normalized spacial score (nSPS) is 19.6. The summed E-state index contributed by atoms with van der Waals surface area (Å²) < 4.78 is 6.54. The van der Waals surface area contributed by atoms with Gasteiger partial charge >= 0.3 is 0 Å². The Labute approximate surface area is 130 Å². The number of ether oxygens (including phenoxy) is 1. The van der Waals surface area contributed by atoms with Gasteiger partial charge in [0.15, 0.2) is 0 Å². The monoisotopic (exact) mass is 341 g/mol. The first-order chi connectivity index (χ1) is 9.60. The van der Waals surface area contributed by atoms with Crippen LogP contribution < -0.4 is 10.2 Å². The van der Waals surface area contributed by atoms with Gasteiger partial charge in [-0.1, -0.05) is 13.8 Å². The molecule has 0 bridgehead atoms. The zero-order chi connectivity index (χ0) is 14.5. The molecule has 0 amide bonds. The van der Waals surface area contributed by atoms with E-state index in [0.717, 1.165) is 42.8 Å². The Balaban J connectivity index is 2.16. The molecule has 0 saturated carbocycles. The summed E-state index contributed by atoms with van der Waals surface area (Å²) in [7, 11) is 1.80. The van der Waals surface area contributed by atoms with Crippen molar-refractivity contribution in [2.24, 2.45) is 0 Å². The smallest absolute Gasteiger partial charge is 0.133 e. The highest BCUT2D eigenvalue weighted by atomic mass is 79.9. The minimum atomic E-state index is 0.320. The SMILES string of the molecule is COC1CCCN(c2ncc(Br)cc2CNC(C)C)C1. The number of anilines is 1. The van der Waals surface area contributed by atoms with Crippen molar-refractivity contribution in [3.8, 4) is 0 Å². The number of rotatable bonds is 5. The Hall–Kier alpha value is -0.650. The second-order valence-electron chi connectivity index (χ2n) is 5.62. The fourth-order valence-electron chi connectivity index (χ4n) is 2.53. The molecule has 0 aliphatic carbocycles. The topological polar surface area (TPSA) is 37.4 Å². The minimum Gasteiger partial charge on any atom is -0.380 e. The van der Waals surface area contributed by atoms with Gasteiger partial charge in [0.2, 0.25) is 0 Å². The molecule has 1 N–H and O–H groups in total. The van der Waals surface area contributed by atoms with Gasteiger partial charge in [0.25, 0.3) is 0 Å². The lowest BCUT2D eigenvalue weighted by molar-refractivity contribution is 0.0891. The fourth-order valence-corrected chi connectivity index (χ4v) is 2.90. The Morgan fingerprint density at radius 2 is 2.35 bits per heavy atom. The predicted octanol–water partition coefficient (Wildman–Crippen LogP) is 2.96. The summed E-state index contributed by atoms with van der Waals surface area (Å²) in [5, 5.41) is 3.47. The Kier molecular flexibility index (Phi) is 5.81. The first-order valence-electron chi connectivity index (χ1n) is 7.25. The second kappa shape index (κ2) is 7.38. The number of nitrogens with one attached hydrogen (secondary N) is 1. The zero-order valence-electron chi connectivity index (χ0n) is 12.5. The molecule has 20 heavy (non-hydrogen) atoms. The molecular weight excluding hydrogens is 318 g/mol. The largest absolute Gasteiger partial charge is 0.380 e. The maximum Gasteiger partial charge on any atom is 0.133 e. The van der Waals surface area contributed by atoms with Crippen molar-refractivity contribution in [2.45, 2.75) is 45.4 Å². The molecule has 4 nitrogen and oxygen atoms in total. The number of aromatic nitrogens is 1. The average molecular weight is 342 g/mol. The predicted molar refractivity (Wildman–Crippen MR) is 86.2 cm³/mol. The highest BCUT2D eigenvalue weighted by molar-refractivity contribution is 9.10. The second-order valence-corrected chi connectivity index (χ2v) is 6.53. The highest BCUT2D eigenvalue weighted by Crippen LogP contribution is 2.25. The van der Waals surface area contributed by atoms with Crippen LogP contribution in [0.25, 0.3) is 0 Å². The summed E-state index contributed by atoms with van der Waals surface area (Å²) >= 11 is 3.52. The van der Waals surface area contributed by atoms with E-state index in [4.69, 9.17) is 4.74 Å². The van der Waals surface area contributed by atoms with Gasteiger partial charge in [-0.3, -0.25) is 0 Å². The minimum absolute atomic E-state index is 0.320. The Bertz CT molecular complexity index is 439. The molecule has 1 unspecified atom stereocenters. The van der Waals surface area contributed by atoms with Crippen LogP contribution in [0.2, 0.25) is 0 Å². The molecular formula is C15H24BrN3O. The third-order valence-corrected chi connectivity index (χ3v) is 4.05. The average Bonchev–Trinajstić information content (AvgIpc) is 2.45. The highest BCUT2D eigenvalue weighted by Gasteiger charge is 2.22. The van der Waals surface area contributed by atoms with Crippen molar-refractivity contribution in [1.29, 1.82) is 0 Å². The molecule has 2 rings (SSSR count). The molecule has 1 aliphatic rings. The van der Waals surface area contributed by atoms with Gasteiger partial charge in [0.1, 0.15) is 5.82 Å². The number of hydrogen-bond acceptors (Lipinski definition) is 4. The van der Waals surface area contributed by atoms with E-state index < -0.39 is 0 Å². The third-order valence-electron chi connectivity index (χ3n) is 3.62. The standard InChI is InChI=1S/C15H24BrN3O/c1-11(2)17-8-12-7-13(16)9-18-15(12)19-6-4-5-14(10-19)20-3/h7,9,11,14,17H,4-6,8,10H2,1-3H3. The van der Waals surface area contributed by atoms with Crippen LogP contribution in [0.15, 0.2) is 16.7 Å². The van der Waals surface area contributed by atoms with Gasteiger partial charge in [-0.2, -0.15) is 0 Å². The van der Waals surface area contributed by atoms with Gasteiger partial charge in [0, 0.05) is 49.0 Å². The summed E-state index contributed by atoms with van der Waals surface area (Å²) in [6.45, 7) is 7.15. The first-order valence-corrected chi connectivity index (χ1v) is 8.05. The maximum atomic E-state index is 5.51. The van der Waals surface area contributed by atoms with Crippen LogP contribution in [0.3, 0.4) is 0 Å². The molecule has 1 aromatic heterocycles. The van der Waals surface area contributed by atoms with Crippen molar-refractivity contribution >= 4 is 21.7 Å². The van der Waals surface area contributed by atoms with Crippen LogP contribution in [0.1, 0.15) is 32.3 Å². The number of methoxy groups -OCH3 is 1. The van der Waals surface area contributed by atoms with Crippen molar-refractivity contribution in [3.05, 3.63) is 22.3 Å². The van der Waals surface area contributed by atoms with E-state index >= 15 is 0 Å².